The summed E-state index contributed by atoms with van der Waals surface area (Å²) in [5.74, 6) is 0.483. The van der Waals surface area contributed by atoms with Gasteiger partial charge in [-0.3, -0.25) is 0 Å². The van der Waals surface area contributed by atoms with Gasteiger partial charge in [0.2, 0.25) is 0 Å². The number of hydrogen-bond donors (Lipinski definition) is 1. The Labute approximate surface area is 122 Å². The quantitative estimate of drug-likeness (QED) is 0.709. The summed E-state index contributed by atoms with van der Waals surface area (Å²) in [5, 5.41) is 0. The second-order valence-electron chi connectivity index (χ2n) is 4.96. The molecule has 0 saturated carbocycles. The molecule has 1 aromatic heterocycles. The zero-order valence-corrected chi connectivity index (χ0v) is 11.9. The number of H-pyrrole nitrogens is 1. The molecule has 21 heavy (non-hydrogen) atoms. The van der Waals surface area contributed by atoms with Gasteiger partial charge in [0.1, 0.15) is 11.6 Å². The Hall–Kier alpha value is -2.20. The SMILES string of the molecule is CCCOCc1cc(F)ccc1-c1nc2ccccc2[nH]1. The normalized spacial score (nSPS) is 11.1. The van der Waals surface area contributed by atoms with E-state index < -0.39 is 0 Å². The summed E-state index contributed by atoms with van der Waals surface area (Å²) in [6, 6.07) is 12.5. The average Bonchev–Trinajstić information content (AvgIpc) is 2.91. The number of fused-ring (bicyclic) bond motifs is 1. The summed E-state index contributed by atoms with van der Waals surface area (Å²) >= 11 is 0. The molecule has 0 spiro atoms. The minimum Gasteiger partial charge on any atom is -0.377 e. The smallest absolute Gasteiger partial charge is 0.138 e. The molecule has 4 heteroatoms. The number of aromatic amines is 1. The van der Waals surface area contributed by atoms with Crippen molar-refractivity contribution < 1.29 is 9.13 Å². The zero-order chi connectivity index (χ0) is 14.7. The third-order valence-electron chi connectivity index (χ3n) is 3.32. The van der Waals surface area contributed by atoms with Crippen molar-refractivity contribution >= 4 is 11.0 Å². The third kappa shape index (κ3) is 2.95. The van der Waals surface area contributed by atoms with Gasteiger partial charge in [-0.25, -0.2) is 9.37 Å². The maximum atomic E-state index is 13.5. The molecular formula is C17H17FN2O. The number of aromatic nitrogens is 2. The van der Waals surface area contributed by atoms with Crippen LogP contribution in [0.3, 0.4) is 0 Å². The van der Waals surface area contributed by atoms with E-state index in [1.165, 1.54) is 12.1 Å². The highest BCUT2D eigenvalue weighted by atomic mass is 19.1. The number of ether oxygens (including phenoxy) is 1. The maximum Gasteiger partial charge on any atom is 0.138 e. The fourth-order valence-electron chi connectivity index (χ4n) is 2.32. The van der Waals surface area contributed by atoms with Gasteiger partial charge in [0.05, 0.1) is 17.6 Å². The highest BCUT2D eigenvalue weighted by molar-refractivity contribution is 5.79. The van der Waals surface area contributed by atoms with Gasteiger partial charge in [0, 0.05) is 12.2 Å². The molecule has 1 heterocycles. The van der Waals surface area contributed by atoms with Crippen LogP contribution < -0.4 is 0 Å². The molecule has 0 fully saturated rings. The number of benzene rings is 2. The molecule has 2 aromatic carbocycles. The molecule has 0 radical (unpaired) electrons. The zero-order valence-electron chi connectivity index (χ0n) is 11.9. The van der Waals surface area contributed by atoms with Crippen molar-refractivity contribution in [1.82, 2.24) is 9.97 Å². The number of rotatable bonds is 5. The number of imidazole rings is 1. The summed E-state index contributed by atoms with van der Waals surface area (Å²) in [6.45, 7) is 3.10. The van der Waals surface area contributed by atoms with Crippen LogP contribution in [0.5, 0.6) is 0 Å². The van der Waals surface area contributed by atoms with Crippen molar-refractivity contribution in [3.63, 3.8) is 0 Å². The monoisotopic (exact) mass is 284 g/mol. The van der Waals surface area contributed by atoms with Crippen LogP contribution in [0.15, 0.2) is 42.5 Å². The Kier molecular flexibility index (Phi) is 3.97. The summed E-state index contributed by atoms with van der Waals surface area (Å²) in [5.41, 5.74) is 3.56. The third-order valence-corrected chi connectivity index (χ3v) is 3.32. The van der Waals surface area contributed by atoms with Crippen molar-refractivity contribution in [2.24, 2.45) is 0 Å². The van der Waals surface area contributed by atoms with Crippen molar-refractivity contribution in [3.8, 4) is 11.4 Å². The van der Waals surface area contributed by atoms with E-state index in [4.69, 9.17) is 4.74 Å². The summed E-state index contributed by atoms with van der Waals surface area (Å²) in [7, 11) is 0. The lowest BCUT2D eigenvalue weighted by molar-refractivity contribution is 0.121. The fourth-order valence-corrected chi connectivity index (χ4v) is 2.32. The van der Waals surface area contributed by atoms with E-state index in [0.717, 1.165) is 34.4 Å². The summed E-state index contributed by atoms with van der Waals surface area (Å²) in [4.78, 5) is 7.84. The number of nitrogens with one attached hydrogen (secondary N) is 1. The Bertz CT molecular complexity index is 718. The molecule has 1 N–H and O–H groups in total. The predicted molar refractivity (Wildman–Crippen MR) is 81.4 cm³/mol. The van der Waals surface area contributed by atoms with Gasteiger partial charge < -0.3 is 9.72 Å². The van der Waals surface area contributed by atoms with Crippen molar-refractivity contribution in [3.05, 3.63) is 53.8 Å². The van der Waals surface area contributed by atoms with E-state index in [-0.39, 0.29) is 5.82 Å². The number of hydrogen-bond acceptors (Lipinski definition) is 2. The molecule has 0 amide bonds. The Morgan fingerprint density at radius 3 is 2.86 bits per heavy atom. The van der Waals surface area contributed by atoms with Crippen LogP contribution in [0.4, 0.5) is 4.39 Å². The Morgan fingerprint density at radius 1 is 1.19 bits per heavy atom. The highest BCUT2D eigenvalue weighted by Gasteiger charge is 2.11. The van der Waals surface area contributed by atoms with Gasteiger partial charge in [0.25, 0.3) is 0 Å². The van der Waals surface area contributed by atoms with Gasteiger partial charge in [-0.15, -0.1) is 0 Å². The molecule has 0 bridgehead atoms. The van der Waals surface area contributed by atoms with E-state index in [9.17, 15) is 4.39 Å². The Morgan fingerprint density at radius 2 is 2.05 bits per heavy atom. The van der Waals surface area contributed by atoms with E-state index in [2.05, 4.69) is 9.97 Å². The topological polar surface area (TPSA) is 37.9 Å². The fraction of sp³-hybridized carbons (Fsp3) is 0.235. The first-order valence-electron chi connectivity index (χ1n) is 7.09. The minimum atomic E-state index is -0.259. The van der Waals surface area contributed by atoms with Crippen LogP contribution in [0, 0.1) is 5.82 Å². The van der Waals surface area contributed by atoms with Gasteiger partial charge in [0.15, 0.2) is 0 Å². The van der Waals surface area contributed by atoms with E-state index >= 15 is 0 Å². The van der Waals surface area contributed by atoms with Crippen LogP contribution in [0.2, 0.25) is 0 Å². The molecule has 0 aliphatic heterocycles. The molecular weight excluding hydrogens is 267 g/mol. The first-order chi connectivity index (χ1) is 10.3. The summed E-state index contributed by atoms with van der Waals surface area (Å²) in [6.07, 6.45) is 0.940. The lowest BCUT2D eigenvalue weighted by Crippen LogP contribution is -1.98. The maximum absolute atomic E-state index is 13.5. The van der Waals surface area contributed by atoms with Crippen molar-refractivity contribution in [1.29, 1.82) is 0 Å². The lowest BCUT2D eigenvalue weighted by Gasteiger charge is -2.08. The second-order valence-corrected chi connectivity index (χ2v) is 4.96. The largest absolute Gasteiger partial charge is 0.377 e. The van der Waals surface area contributed by atoms with Crippen LogP contribution in [0.25, 0.3) is 22.4 Å². The van der Waals surface area contributed by atoms with E-state index in [1.54, 1.807) is 6.07 Å². The van der Waals surface area contributed by atoms with Gasteiger partial charge >= 0.3 is 0 Å². The van der Waals surface area contributed by atoms with Gasteiger partial charge in [-0.1, -0.05) is 19.1 Å². The molecule has 0 unspecified atom stereocenters. The van der Waals surface area contributed by atoms with Crippen LogP contribution in [0.1, 0.15) is 18.9 Å². The molecule has 0 aliphatic carbocycles. The number of halogens is 1. The average molecular weight is 284 g/mol. The molecule has 0 aliphatic rings. The number of para-hydroxylation sites is 2. The van der Waals surface area contributed by atoms with Crippen LogP contribution in [-0.2, 0) is 11.3 Å². The van der Waals surface area contributed by atoms with Crippen molar-refractivity contribution in [2.75, 3.05) is 6.61 Å². The van der Waals surface area contributed by atoms with Gasteiger partial charge in [-0.2, -0.15) is 0 Å². The molecule has 3 rings (SSSR count). The van der Waals surface area contributed by atoms with E-state index in [1.807, 2.05) is 31.2 Å². The second kappa shape index (κ2) is 6.06. The standard InChI is InChI=1S/C17H17FN2O/c1-2-9-21-11-12-10-13(18)7-8-14(12)17-19-15-5-3-4-6-16(15)20-17/h3-8,10H,2,9,11H2,1H3,(H,19,20). The highest BCUT2D eigenvalue weighted by Crippen LogP contribution is 2.25. The first-order valence-corrected chi connectivity index (χ1v) is 7.09. The van der Waals surface area contributed by atoms with Gasteiger partial charge in [-0.05, 0) is 42.3 Å². The van der Waals surface area contributed by atoms with Crippen molar-refractivity contribution in [2.45, 2.75) is 20.0 Å². The van der Waals surface area contributed by atoms with E-state index in [0.29, 0.717) is 13.2 Å². The molecule has 3 nitrogen and oxygen atoms in total. The summed E-state index contributed by atoms with van der Waals surface area (Å²) < 4.78 is 19.0. The molecule has 0 saturated heterocycles. The predicted octanol–water partition coefficient (Wildman–Crippen LogP) is 4.30. The molecule has 3 aromatic rings. The first kappa shape index (κ1) is 13.8. The number of nitrogens with zero attached hydrogens (tertiary/aromatic N) is 1. The lowest BCUT2D eigenvalue weighted by atomic mass is 10.1. The molecule has 0 atom stereocenters. The molecule has 108 valence electrons. The Balaban J connectivity index is 1.99. The van der Waals surface area contributed by atoms with Crippen LogP contribution in [-0.4, -0.2) is 16.6 Å². The van der Waals surface area contributed by atoms with Crippen LogP contribution >= 0.6 is 0 Å². The minimum absolute atomic E-state index is 0.259.